The van der Waals surface area contributed by atoms with Crippen molar-refractivity contribution in [3.63, 3.8) is 0 Å². The second-order valence-corrected chi connectivity index (χ2v) is 7.81. The van der Waals surface area contributed by atoms with Crippen molar-refractivity contribution >= 4 is 23.1 Å². The molecule has 1 aromatic carbocycles. The topological polar surface area (TPSA) is 88.4 Å². The lowest BCUT2D eigenvalue weighted by atomic mass is 9.87. The van der Waals surface area contributed by atoms with E-state index in [0.29, 0.717) is 30.9 Å². The molecule has 1 aliphatic heterocycles. The third kappa shape index (κ3) is 4.36. The van der Waals surface area contributed by atoms with Crippen molar-refractivity contribution in [2.45, 2.75) is 32.6 Å². The molecule has 1 aromatic heterocycles. The Morgan fingerprint density at radius 2 is 1.93 bits per heavy atom. The average Bonchev–Trinajstić information content (AvgIpc) is 2.68. The van der Waals surface area contributed by atoms with Gasteiger partial charge in [-0.3, -0.25) is 14.9 Å². The fourth-order valence-corrected chi connectivity index (χ4v) is 3.11. The van der Waals surface area contributed by atoms with Crippen molar-refractivity contribution < 1.29 is 9.72 Å². The molecule has 7 heteroatoms. The summed E-state index contributed by atoms with van der Waals surface area (Å²) in [6.07, 6.45) is 3.84. The summed E-state index contributed by atoms with van der Waals surface area (Å²) in [6, 6.07) is 10.8. The van der Waals surface area contributed by atoms with Crippen molar-refractivity contribution in [3.05, 3.63) is 69.9 Å². The Hall–Kier alpha value is -3.22. The number of benzene rings is 1. The molecule has 28 heavy (non-hydrogen) atoms. The predicted octanol–water partition coefficient (Wildman–Crippen LogP) is 4.06. The van der Waals surface area contributed by atoms with Gasteiger partial charge in [0, 0.05) is 36.6 Å². The molecule has 0 aliphatic carbocycles. The number of anilines is 2. The summed E-state index contributed by atoms with van der Waals surface area (Å²) < 4.78 is 0. The van der Waals surface area contributed by atoms with Gasteiger partial charge in [0.15, 0.2) is 0 Å². The molecule has 0 saturated heterocycles. The van der Waals surface area contributed by atoms with Crippen molar-refractivity contribution in [1.82, 2.24) is 4.98 Å². The maximum absolute atomic E-state index is 12.5. The molecule has 0 fully saturated rings. The highest BCUT2D eigenvalue weighted by Gasteiger charge is 2.24. The summed E-state index contributed by atoms with van der Waals surface area (Å²) in [6.45, 7) is 7.34. The maximum Gasteiger partial charge on any atom is 0.311 e. The summed E-state index contributed by atoms with van der Waals surface area (Å²) in [5.74, 6) is 0.194. The summed E-state index contributed by atoms with van der Waals surface area (Å²) in [5.41, 5.74) is 2.67. The Morgan fingerprint density at radius 1 is 1.21 bits per heavy atom. The molecule has 1 N–H and O–H groups in total. The quantitative estimate of drug-likeness (QED) is 0.638. The number of rotatable bonds is 4. The molecule has 0 spiro atoms. The standard InChI is InChI=1S/C21H24N4O3/c1-21(2,3)16-6-8-17(9-7-16)23-20(26)15-10-13-24(14-11-15)19-18(25(27)28)5-4-12-22-19/h4-10,12H,11,13-14H2,1-3H3,(H,23,26). The van der Waals surface area contributed by atoms with Gasteiger partial charge in [-0.1, -0.05) is 39.0 Å². The van der Waals surface area contributed by atoms with Crippen LogP contribution in [0, 0.1) is 10.1 Å². The molecule has 0 atom stereocenters. The molecular formula is C21H24N4O3. The third-order valence-electron chi connectivity index (χ3n) is 4.77. The highest BCUT2D eigenvalue weighted by Crippen LogP contribution is 2.28. The predicted molar refractivity (Wildman–Crippen MR) is 110 cm³/mol. The van der Waals surface area contributed by atoms with E-state index in [1.165, 1.54) is 17.8 Å². The maximum atomic E-state index is 12.5. The third-order valence-corrected chi connectivity index (χ3v) is 4.77. The molecule has 146 valence electrons. The van der Waals surface area contributed by atoms with E-state index in [9.17, 15) is 14.9 Å². The Morgan fingerprint density at radius 3 is 2.50 bits per heavy atom. The van der Waals surface area contributed by atoms with Crippen molar-refractivity contribution in [2.75, 3.05) is 23.3 Å². The van der Waals surface area contributed by atoms with Crippen LogP contribution < -0.4 is 10.2 Å². The number of nitrogens with one attached hydrogen (secondary N) is 1. The van der Waals surface area contributed by atoms with E-state index in [-0.39, 0.29) is 17.0 Å². The lowest BCUT2D eigenvalue weighted by Crippen LogP contribution is -2.32. The van der Waals surface area contributed by atoms with Crippen LogP contribution in [0.25, 0.3) is 0 Å². The van der Waals surface area contributed by atoms with Gasteiger partial charge in [-0.2, -0.15) is 0 Å². The van der Waals surface area contributed by atoms with Gasteiger partial charge >= 0.3 is 5.69 Å². The number of nitro groups is 1. The van der Waals surface area contributed by atoms with E-state index >= 15 is 0 Å². The molecule has 2 heterocycles. The zero-order valence-electron chi connectivity index (χ0n) is 16.3. The first-order valence-electron chi connectivity index (χ1n) is 9.21. The number of hydrogen-bond donors (Lipinski definition) is 1. The van der Waals surface area contributed by atoms with E-state index in [1.54, 1.807) is 12.1 Å². The molecule has 0 radical (unpaired) electrons. The minimum atomic E-state index is -0.435. The number of carbonyl (C=O) groups is 1. The van der Waals surface area contributed by atoms with Gasteiger partial charge in [0.05, 0.1) is 4.92 Å². The first-order chi connectivity index (χ1) is 13.3. The first-order valence-corrected chi connectivity index (χ1v) is 9.21. The molecule has 0 bridgehead atoms. The van der Waals surface area contributed by atoms with Crippen LogP contribution in [0.3, 0.4) is 0 Å². The molecule has 1 aliphatic rings. The number of aromatic nitrogens is 1. The Balaban J connectivity index is 1.66. The normalized spacial score (nSPS) is 14.4. The largest absolute Gasteiger partial charge is 0.347 e. The van der Waals surface area contributed by atoms with Crippen LogP contribution in [0.5, 0.6) is 0 Å². The molecule has 0 unspecified atom stereocenters. The zero-order valence-corrected chi connectivity index (χ0v) is 16.3. The molecular weight excluding hydrogens is 356 g/mol. The summed E-state index contributed by atoms with van der Waals surface area (Å²) in [5, 5.41) is 14.1. The van der Waals surface area contributed by atoms with Gasteiger partial charge in [0.25, 0.3) is 5.91 Å². The molecule has 2 aromatic rings. The van der Waals surface area contributed by atoms with Gasteiger partial charge in [0.1, 0.15) is 0 Å². The van der Waals surface area contributed by atoms with Crippen molar-refractivity contribution in [2.24, 2.45) is 0 Å². The summed E-state index contributed by atoms with van der Waals surface area (Å²) in [4.78, 5) is 29.3. The van der Waals surface area contributed by atoms with Gasteiger partial charge in [-0.25, -0.2) is 4.98 Å². The fraction of sp³-hybridized carbons (Fsp3) is 0.333. The molecule has 0 saturated carbocycles. The second kappa shape index (κ2) is 7.80. The van der Waals surface area contributed by atoms with Crippen molar-refractivity contribution in [3.8, 4) is 0 Å². The van der Waals surface area contributed by atoms with Gasteiger partial charge in [-0.15, -0.1) is 0 Å². The van der Waals surface area contributed by atoms with E-state index in [2.05, 4.69) is 31.1 Å². The first kappa shape index (κ1) is 19.5. The number of hydrogen-bond acceptors (Lipinski definition) is 5. The molecule has 3 rings (SSSR count). The fourth-order valence-electron chi connectivity index (χ4n) is 3.11. The van der Waals surface area contributed by atoms with E-state index in [4.69, 9.17) is 0 Å². The highest BCUT2D eigenvalue weighted by molar-refractivity contribution is 6.04. The van der Waals surface area contributed by atoms with Crippen LogP contribution in [0.15, 0.2) is 54.2 Å². The molecule has 1 amide bonds. The van der Waals surface area contributed by atoms with Crippen LogP contribution in [-0.4, -0.2) is 28.9 Å². The van der Waals surface area contributed by atoms with Gasteiger partial charge in [0.2, 0.25) is 5.82 Å². The van der Waals surface area contributed by atoms with Crippen LogP contribution >= 0.6 is 0 Å². The average molecular weight is 380 g/mol. The van der Waals surface area contributed by atoms with E-state index in [0.717, 1.165) is 5.69 Å². The zero-order chi connectivity index (χ0) is 20.3. The van der Waals surface area contributed by atoms with Crippen LogP contribution in [0.4, 0.5) is 17.2 Å². The number of carbonyl (C=O) groups excluding carboxylic acids is 1. The highest BCUT2D eigenvalue weighted by atomic mass is 16.6. The number of pyridine rings is 1. The van der Waals surface area contributed by atoms with Gasteiger partial charge < -0.3 is 10.2 Å². The number of nitrogens with zero attached hydrogens (tertiary/aromatic N) is 3. The second-order valence-electron chi connectivity index (χ2n) is 7.81. The Kier molecular flexibility index (Phi) is 5.44. The van der Waals surface area contributed by atoms with E-state index in [1.807, 2.05) is 29.2 Å². The van der Waals surface area contributed by atoms with Crippen LogP contribution in [-0.2, 0) is 10.2 Å². The molecule has 7 nitrogen and oxygen atoms in total. The smallest absolute Gasteiger partial charge is 0.311 e. The minimum absolute atomic E-state index is 0.0252. The lowest BCUT2D eigenvalue weighted by Gasteiger charge is -2.26. The Labute approximate surface area is 164 Å². The van der Waals surface area contributed by atoms with E-state index < -0.39 is 4.92 Å². The number of amides is 1. The summed E-state index contributed by atoms with van der Waals surface area (Å²) in [7, 11) is 0. The monoisotopic (exact) mass is 380 g/mol. The van der Waals surface area contributed by atoms with Crippen LogP contribution in [0.1, 0.15) is 32.8 Å². The van der Waals surface area contributed by atoms with Crippen molar-refractivity contribution in [1.29, 1.82) is 0 Å². The summed E-state index contributed by atoms with van der Waals surface area (Å²) >= 11 is 0. The lowest BCUT2D eigenvalue weighted by molar-refractivity contribution is -0.384. The minimum Gasteiger partial charge on any atom is -0.347 e. The van der Waals surface area contributed by atoms with Crippen LogP contribution in [0.2, 0.25) is 0 Å². The Bertz CT molecular complexity index is 914. The SMILES string of the molecule is CC(C)(C)c1ccc(NC(=O)C2=CCN(c3ncccc3[N+](=O)[O-])CC2)cc1. The van der Waals surface area contributed by atoms with Gasteiger partial charge in [-0.05, 0) is 35.6 Å².